The first kappa shape index (κ1) is 15.7. The molecule has 0 fully saturated rings. The molecule has 3 nitrogen and oxygen atoms in total. The highest BCUT2D eigenvalue weighted by atomic mass is 35.5. The van der Waals surface area contributed by atoms with Gasteiger partial charge in [0.05, 0.1) is 14.2 Å². The Bertz CT molecular complexity index is 584. The summed E-state index contributed by atoms with van der Waals surface area (Å²) in [6, 6.07) is 13.9. The third-order valence-electron chi connectivity index (χ3n) is 3.51. The van der Waals surface area contributed by atoms with Gasteiger partial charge in [0.25, 0.3) is 0 Å². The van der Waals surface area contributed by atoms with E-state index in [-0.39, 0.29) is 6.04 Å². The van der Waals surface area contributed by atoms with Crippen LogP contribution in [0.15, 0.2) is 42.5 Å². The van der Waals surface area contributed by atoms with Gasteiger partial charge in [0, 0.05) is 16.6 Å². The van der Waals surface area contributed by atoms with Crippen molar-refractivity contribution in [1.82, 2.24) is 5.32 Å². The Labute approximate surface area is 130 Å². The molecule has 0 aliphatic heterocycles. The van der Waals surface area contributed by atoms with E-state index >= 15 is 0 Å². The lowest BCUT2D eigenvalue weighted by atomic mass is 9.98. The Morgan fingerprint density at radius 1 is 1.05 bits per heavy atom. The quantitative estimate of drug-likeness (QED) is 0.879. The summed E-state index contributed by atoms with van der Waals surface area (Å²) in [5.41, 5.74) is 2.28. The van der Waals surface area contributed by atoms with Crippen LogP contribution in [-0.4, -0.2) is 21.3 Å². The molecule has 0 bridgehead atoms. The second-order valence-corrected chi connectivity index (χ2v) is 5.22. The van der Waals surface area contributed by atoms with Crippen molar-refractivity contribution in [2.45, 2.75) is 12.5 Å². The van der Waals surface area contributed by atoms with Crippen molar-refractivity contribution in [2.24, 2.45) is 0 Å². The van der Waals surface area contributed by atoms with E-state index in [0.717, 1.165) is 23.5 Å². The highest BCUT2D eigenvalue weighted by molar-refractivity contribution is 6.30. The minimum absolute atomic E-state index is 0.132. The fraction of sp³-hybridized carbons (Fsp3) is 0.294. The van der Waals surface area contributed by atoms with E-state index in [9.17, 15) is 0 Å². The molecule has 0 aromatic heterocycles. The molecule has 4 heteroatoms. The van der Waals surface area contributed by atoms with Gasteiger partial charge in [-0.05, 0) is 49.4 Å². The van der Waals surface area contributed by atoms with E-state index in [2.05, 4.69) is 17.4 Å². The zero-order chi connectivity index (χ0) is 15.2. The molecule has 0 spiro atoms. The van der Waals surface area contributed by atoms with Crippen LogP contribution >= 0.6 is 11.6 Å². The van der Waals surface area contributed by atoms with Gasteiger partial charge >= 0.3 is 0 Å². The van der Waals surface area contributed by atoms with Crippen molar-refractivity contribution in [2.75, 3.05) is 21.3 Å². The Hall–Kier alpha value is -1.71. The molecule has 0 amide bonds. The largest absolute Gasteiger partial charge is 0.497 e. The van der Waals surface area contributed by atoms with Crippen LogP contribution in [-0.2, 0) is 6.42 Å². The van der Waals surface area contributed by atoms with Crippen molar-refractivity contribution < 1.29 is 9.47 Å². The number of nitrogens with one attached hydrogen (secondary N) is 1. The van der Waals surface area contributed by atoms with Gasteiger partial charge in [-0.2, -0.15) is 0 Å². The van der Waals surface area contributed by atoms with Crippen LogP contribution in [0.25, 0.3) is 0 Å². The highest BCUT2D eigenvalue weighted by Gasteiger charge is 2.15. The summed E-state index contributed by atoms with van der Waals surface area (Å²) in [6.07, 6.45) is 0.844. The highest BCUT2D eigenvalue weighted by Crippen LogP contribution is 2.30. The van der Waals surface area contributed by atoms with Gasteiger partial charge in [0.2, 0.25) is 0 Å². The number of hydrogen-bond donors (Lipinski definition) is 1. The van der Waals surface area contributed by atoms with E-state index in [4.69, 9.17) is 21.1 Å². The molecule has 2 rings (SSSR count). The number of hydrogen-bond acceptors (Lipinski definition) is 3. The fourth-order valence-corrected chi connectivity index (χ4v) is 2.52. The Morgan fingerprint density at radius 3 is 2.33 bits per heavy atom. The monoisotopic (exact) mass is 305 g/mol. The minimum atomic E-state index is 0.132. The standard InChI is InChI=1S/C17H20ClNO2/c1-19-16(10-12-4-7-14(20-2)8-5-12)15-11-13(18)6-9-17(15)21-3/h4-9,11,16,19H,10H2,1-3H3. The molecule has 1 unspecified atom stereocenters. The second-order valence-electron chi connectivity index (χ2n) is 4.78. The molecule has 112 valence electrons. The van der Waals surface area contributed by atoms with E-state index in [1.165, 1.54) is 5.56 Å². The number of ether oxygens (including phenoxy) is 2. The third kappa shape index (κ3) is 3.90. The number of methoxy groups -OCH3 is 2. The van der Waals surface area contributed by atoms with Gasteiger partial charge in [-0.1, -0.05) is 23.7 Å². The van der Waals surface area contributed by atoms with Crippen LogP contribution in [0.5, 0.6) is 11.5 Å². The minimum Gasteiger partial charge on any atom is -0.497 e. The summed E-state index contributed by atoms with van der Waals surface area (Å²) < 4.78 is 10.6. The molecule has 1 N–H and O–H groups in total. The van der Waals surface area contributed by atoms with Crippen LogP contribution in [0.2, 0.25) is 5.02 Å². The second kappa shape index (κ2) is 7.34. The van der Waals surface area contributed by atoms with E-state index in [1.807, 2.05) is 37.4 Å². The summed E-state index contributed by atoms with van der Waals surface area (Å²) in [6.45, 7) is 0. The number of rotatable bonds is 6. The number of likely N-dealkylation sites (N-methyl/N-ethyl adjacent to an activating group) is 1. The zero-order valence-electron chi connectivity index (χ0n) is 12.5. The average Bonchev–Trinajstić information content (AvgIpc) is 2.53. The lowest BCUT2D eigenvalue weighted by Crippen LogP contribution is -2.19. The average molecular weight is 306 g/mol. The molecule has 1 atom stereocenters. The number of benzene rings is 2. The topological polar surface area (TPSA) is 30.5 Å². The van der Waals surface area contributed by atoms with Gasteiger partial charge in [-0.25, -0.2) is 0 Å². The first-order valence-electron chi connectivity index (χ1n) is 6.81. The van der Waals surface area contributed by atoms with Gasteiger partial charge in [0.15, 0.2) is 0 Å². The van der Waals surface area contributed by atoms with E-state index in [0.29, 0.717) is 5.02 Å². The van der Waals surface area contributed by atoms with Crippen LogP contribution in [0.4, 0.5) is 0 Å². The summed E-state index contributed by atoms with van der Waals surface area (Å²) in [5, 5.41) is 4.04. The SMILES string of the molecule is CNC(Cc1ccc(OC)cc1)c1cc(Cl)ccc1OC. The maximum absolute atomic E-state index is 6.12. The summed E-state index contributed by atoms with van der Waals surface area (Å²) >= 11 is 6.12. The fourth-order valence-electron chi connectivity index (χ4n) is 2.34. The Balaban J connectivity index is 2.24. The number of halogens is 1. The normalized spacial score (nSPS) is 12.0. The first-order valence-corrected chi connectivity index (χ1v) is 7.19. The van der Waals surface area contributed by atoms with Crippen LogP contribution < -0.4 is 14.8 Å². The molecule has 0 saturated carbocycles. The van der Waals surface area contributed by atoms with E-state index < -0.39 is 0 Å². The molecule has 0 aliphatic carbocycles. The molecule has 0 radical (unpaired) electrons. The molecule has 2 aromatic carbocycles. The molecule has 21 heavy (non-hydrogen) atoms. The van der Waals surface area contributed by atoms with Crippen LogP contribution in [0.3, 0.4) is 0 Å². The molecular formula is C17H20ClNO2. The van der Waals surface area contributed by atoms with Crippen molar-refractivity contribution in [3.05, 3.63) is 58.6 Å². The smallest absolute Gasteiger partial charge is 0.123 e. The molecule has 2 aromatic rings. The van der Waals surface area contributed by atoms with Crippen LogP contribution in [0, 0.1) is 0 Å². The summed E-state index contributed by atoms with van der Waals surface area (Å²) in [5.74, 6) is 1.70. The molecule has 0 heterocycles. The van der Waals surface area contributed by atoms with Gasteiger partial charge in [0.1, 0.15) is 11.5 Å². The predicted octanol–water partition coefficient (Wildman–Crippen LogP) is 3.86. The maximum Gasteiger partial charge on any atom is 0.123 e. The van der Waals surface area contributed by atoms with Crippen molar-refractivity contribution in [1.29, 1.82) is 0 Å². The zero-order valence-corrected chi connectivity index (χ0v) is 13.3. The third-order valence-corrected chi connectivity index (χ3v) is 3.75. The van der Waals surface area contributed by atoms with Crippen molar-refractivity contribution >= 4 is 11.6 Å². The van der Waals surface area contributed by atoms with E-state index in [1.54, 1.807) is 14.2 Å². The van der Waals surface area contributed by atoms with Crippen LogP contribution in [0.1, 0.15) is 17.2 Å². The lowest BCUT2D eigenvalue weighted by Gasteiger charge is -2.20. The Kier molecular flexibility index (Phi) is 5.48. The maximum atomic E-state index is 6.12. The van der Waals surface area contributed by atoms with Gasteiger partial charge in [-0.3, -0.25) is 0 Å². The predicted molar refractivity (Wildman–Crippen MR) is 86.5 cm³/mol. The summed E-state index contributed by atoms with van der Waals surface area (Å²) in [7, 11) is 5.28. The Morgan fingerprint density at radius 2 is 1.76 bits per heavy atom. The van der Waals surface area contributed by atoms with Gasteiger partial charge in [-0.15, -0.1) is 0 Å². The lowest BCUT2D eigenvalue weighted by molar-refractivity contribution is 0.401. The molecule has 0 saturated heterocycles. The first-order chi connectivity index (χ1) is 10.2. The van der Waals surface area contributed by atoms with Gasteiger partial charge < -0.3 is 14.8 Å². The summed E-state index contributed by atoms with van der Waals surface area (Å²) in [4.78, 5) is 0. The molecule has 0 aliphatic rings. The van der Waals surface area contributed by atoms with Crippen molar-refractivity contribution in [3.63, 3.8) is 0 Å². The van der Waals surface area contributed by atoms with Crippen molar-refractivity contribution in [3.8, 4) is 11.5 Å². The molecular weight excluding hydrogens is 286 g/mol.